The minimum absolute atomic E-state index is 0.854. The summed E-state index contributed by atoms with van der Waals surface area (Å²) in [5.41, 5.74) is 3.99. The lowest BCUT2D eigenvalue weighted by Crippen LogP contribution is -1.79. The van der Waals surface area contributed by atoms with Gasteiger partial charge in [-0.25, -0.2) is 0 Å². The van der Waals surface area contributed by atoms with Gasteiger partial charge in [0.1, 0.15) is 11.2 Å². The summed E-state index contributed by atoms with van der Waals surface area (Å²) in [6, 6.07) is 44.3. The van der Waals surface area contributed by atoms with Crippen LogP contribution in [-0.2, 0) is 0 Å². The zero-order valence-electron chi connectivity index (χ0n) is 18.9. The zero-order chi connectivity index (χ0) is 23.2. The highest BCUT2D eigenvalue weighted by Gasteiger charge is 2.16. The second kappa shape index (κ2) is 8.20. The topological polar surface area (TPSA) is 26.3 Å². The number of rotatable bonds is 2. The second-order valence-corrected chi connectivity index (χ2v) is 10.0. The molecule has 0 aliphatic heterocycles. The van der Waals surface area contributed by atoms with Crippen LogP contribution in [0.2, 0.25) is 0 Å². The van der Waals surface area contributed by atoms with E-state index in [1.807, 2.05) is 6.07 Å². The van der Waals surface area contributed by atoms with E-state index in [9.17, 15) is 0 Å². The first-order valence-corrected chi connectivity index (χ1v) is 12.9. The quantitative estimate of drug-likeness (QED) is 0.252. The van der Waals surface area contributed by atoms with E-state index in [0.717, 1.165) is 38.4 Å². The molecule has 0 saturated carbocycles. The summed E-state index contributed by atoms with van der Waals surface area (Å²) in [4.78, 5) is 0. The molecule has 0 bridgehead atoms. The van der Waals surface area contributed by atoms with Crippen molar-refractivity contribution in [1.29, 1.82) is 0 Å². The fourth-order valence-electron chi connectivity index (χ4n) is 4.96. The number of benzene rings is 6. The molecule has 2 nitrogen and oxygen atoms in total. The van der Waals surface area contributed by atoms with Gasteiger partial charge in [0.05, 0.1) is 5.30 Å². The van der Waals surface area contributed by atoms with E-state index in [-0.39, 0.29) is 0 Å². The summed E-state index contributed by atoms with van der Waals surface area (Å²) < 4.78 is 13.6. The van der Waals surface area contributed by atoms with E-state index in [4.69, 9.17) is 8.39 Å². The molecular formula is C32H21O2P. The van der Waals surface area contributed by atoms with Crippen molar-refractivity contribution in [1.82, 2.24) is 0 Å². The Labute approximate surface area is 203 Å². The molecule has 0 fully saturated rings. The predicted octanol–water partition coefficient (Wildman–Crippen LogP) is 10.3. The first kappa shape index (κ1) is 20.1. The molecule has 0 N–H and O–H groups in total. The van der Waals surface area contributed by atoms with Crippen LogP contribution in [0, 0.1) is 0 Å². The van der Waals surface area contributed by atoms with Gasteiger partial charge in [0, 0.05) is 10.8 Å². The lowest BCUT2D eigenvalue weighted by Gasteiger charge is -2.07. The molecule has 35 heavy (non-hydrogen) atoms. The molecule has 0 saturated heterocycles. The van der Waals surface area contributed by atoms with Gasteiger partial charge >= 0.3 is 0 Å². The van der Waals surface area contributed by atoms with Gasteiger partial charge in [0.15, 0.2) is 0 Å². The summed E-state index contributed by atoms with van der Waals surface area (Å²) in [6.07, 6.45) is 0. The molecule has 0 aliphatic carbocycles. The molecule has 6 aromatic carbocycles. The molecule has 166 valence electrons. The molecular weight excluding hydrogens is 447 g/mol. The molecule has 0 unspecified atom stereocenters. The van der Waals surface area contributed by atoms with Gasteiger partial charge in [-0.15, -0.1) is 0 Å². The fraction of sp³-hybridized carbons (Fsp3) is 0. The van der Waals surface area contributed by atoms with Crippen LogP contribution in [0.15, 0.2) is 136 Å². The normalized spacial score (nSPS) is 11.4. The maximum atomic E-state index is 6.79. The summed E-state index contributed by atoms with van der Waals surface area (Å²) in [5, 5.41) is 7.95. The highest BCUT2D eigenvalue weighted by Crippen LogP contribution is 2.48. The Morgan fingerprint density at radius 1 is 0.429 bits per heavy atom. The Morgan fingerprint density at radius 2 is 0.943 bits per heavy atom. The highest BCUT2D eigenvalue weighted by atomic mass is 31.1. The predicted molar refractivity (Wildman–Crippen MR) is 148 cm³/mol. The van der Waals surface area contributed by atoms with Gasteiger partial charge in [0.2, 0.25) is 0 Å². The zero-order valence-corrected chi connectivity index (χ0v) is 19.8. The van der Waals surface area contributed by atoms with Crippen LogP contribution < -0.4 is 0 Å². The smallest absolute Gasteiger partial charge is 0.253 e. The van der Waals surface area contributed by atoms with Crippen LogP contribution in [0.25, 0.3) is 59.9 Å². The van der Waals surface area contributed by atoms with Crippen molar-refractivity contribution < 1.29 is 8.39 Å². The molecule has 0 spiro atoms. The first-order valence-electron chi connectivity index (χ1n) is 11.7. The minimum atomic E-state index is -1.42. The SMILES string of the molecule is c1ccc(-c2ccccc2-p2oc3ccc4ccccc4c3c3c(ccc4ccccc43)o2)cc1. The van der Waals surface area contributed by atoms with E-state index in [2.05, 4.69) is 121 Å². The Hall–Kier alpha value is -4.26. The summed E-state index contributed by atoms with van der Waals surface area (Å²) in [7, 11) is -1.42. The maximum absolute atomic E-state index is 6.79. The fourth-order valence-corrected chi connectivity index (χ4v) is 6.46. The van der Waals surface area contributed by atoms with Crippen molar-refractivity contribution in [3.63, 3.8) is 0 Å². The Bertz CT molecular complexity index is 1800. The number of fused-ring (bicyclic) bond motifs is 7. The Morgan fingerprint density at radius 3 is 1.57 bits per heavy atom. The molecule has 1 heterocycles. The Kier molecular flexibility index (Phi) is 4.72. The van der Waals surface area contributed by atoms with Crippen molar-refractivity contribution in [2.45, 2.75) is 0 Å². The van der Waals surface area contributed by atoms with Crippen LogP contribution in [0.1, 0.15) is 0 Å². The minimum Gasteiger partial charge on any atom is -0.416 e. The van der Waals surface area contributed by atoms with E-state index >= 15 is 0 Å². The van der Waals surface area contributed by atoms with Crippen LogP contribution in [0.3, 0.4) is 0 Å². The van der Waals surface area contributed by atoms with Crippen molar-refractivity contribution in [2.75, 3.05) is 0 Å². The lowest BCUT2D eigenvalue weighted by atomic mass is 9.99. The third-order valence-electron chi connectivity index (χ3n) is 6.58. The largest absolute Gasteiger partial charge is 0.416 e. The van der Waals surface area contributed by atoms with Crippen LogP contribution in [-0.4, -0.2) is 0 Å². The average molecular weight is 468 g/mol. The summed E-state index contributed by atoms with van der Waals surface area (Å²) in [6.45, 7) is 0. The molecule has 0 atom stereocenters. The van der Waals surface area contributed by atoms with Crippen molar-refractivity contribution >= 4 is 51.5 Å². The van der Waals surface area contributed by atoms with Gasteiger partial charge in [-0.1, -0.05) is 109 Å². The summed E-state index contributed by atoms with van der Waals surface area (Å²) in [5.74, 6) is 0. The highest BCUT2D eigenvalue weighted by molar-refractivity contribution is 7.46. The molecule has 0 amide bonds. The van der Waals surface area contributed by atoms with Gasteiger partial charge in [0.25, 0.3) is 8.01 Å². The van der Waals surface area contributed by atoms with Crippen LogP contribution in [0.4, 0.5) is 0 Å². The van der Waals surface area contributed by atoms with Crippen LogP contribution in [0.5, 0.6) is 0 Å². The van der Waals surface area contributed by atoms with E-state index in [1.165, 1.54) is 21.5 Å². The number of hydrogen-bond acceptors (Lipinski definition) is 2. The number of hydrogen-bond donors (Lipinski definition) is 0. The molecule has 0 aliphatic rings. The second-order valence-electron chi connectivity index (χ2n) is 8.64. The third kappa shape index (κ3) is 3.34. The monoisotopic (exact) mass is 468 g/mol. The van der Waals surface area contributed by atoms with E-state index in [1.54, 1.807) is 0 Å². The van der Waals surface area contributed by atoms with Crippen LogP contribution >= 0.6 is 8.01 Å². The lowest BCUT2D eigenvalue weighted by molar-refractivity contribution is 0.651. The first-order chi connectivity index (χ1) is 17.4. The van der Waals surface area contributed by atoms with E-state index < -0.39 is 8.01 Å². The molecule has 7 aromatic rings. The molecule has 0 radical (unpaired) electrons. The maximum Gasteiger partial charge on any atom is 0.253 e. The van der Waals surface area contributed by atoms with Gasteiger partial charge < -0.3 is 8.39 Å². The average Bonchev–Trinajstić information content (AvgIpc) is 3.11. The van der Waals surface area contributed by atoms with Gasteiger partial charge in [-0.2, -0.15) is 0 Å². The van der Waals surface area contributed by atoms with Crippen molar-refractivity contribution in [3.8, 4) is 16.4 Å². The Balaban J connectivity index is 1.68. The van der Waals surface area contributed by atoms with Crippen molar-refractivity contribution in [3.05, 3.63) is 127 Å². The van der Waals surface area contributed by atoms with Gasteiger partial charge in [-0.3, -0.25) is 0 Å². The summed E-state index contributed by atoms with van der Waals surface area (Å²) >= 11 is 0. The van der Waals surface area contributed by atoms with Gasteiger partial charge in [-0.05, 0) is 50.9 Å². The molecule has 7 rings (SSSR count). The van der Waals surface area contributed by atoms with E-state index in [0.29, 0.717) is 0 Å². The van der Waals surface area contributed by atoms with Crippen molar-refractivity contribution in [2.24, 2.45) is 0 Å². The third-order valence-corrected chi connectivity index (χ3v) is 8.09. The molecule has 1 aromatic heterocycles. The standard InChI is InChI=1S/C32H21O2P/c1-2-10-22(11-3-1)25-14-8-9-17-30(25)35-33-28-20-18-23-12-4-6-15-26(23)31(28)32-27-16-7-5-13-24(27)19-21-29(32)34-35/h1-21H. The molecule has 3 heteroatoms.